The molecule has 0 bridgehead atoms. The summed E-state index contributed by atoms with van der Waals surface area (Å²) < 4.78 is 13.9. The Kier molecular flexibility index (Phi) is 7.02. The van der Waals surface area contributed by atoms with Gasteiger partial charge in [0, 0.05) is 40.3 Å². The third-order valence-corrected chi connectivity index (χ3v) is 7.52. The highest BCUT2D eigenvalue weighted by molar-refractivity contribution is 7.84. The van der Waals surface area contributed by atoms with Crippen molar-refractivity contribution in [2.75, 3.05) is 6.26 Å². The maximum absolute atomic E-state index is 11.9. The summed E-state index contributed by atoms with van der Waals surface area (Å²) in [6, 6.07) is 19.5. The van der Waals surface area contributed by atoms with Gasteiger partial charge in [-0.2, -0.15) is 0 Å². The van der Waals surface area contributed by atoms with Gasteiger partial charge in [-0.1, -0.05) is 53.5 Å². The van der Waals surface area contributed by atoms with Crippen LogP contribution in [0.15, 0.2) is 71.8 Å². The number of nitrogens with zero attached hydrogens (tertiary/aromatic N) is 2. The Hall–Kier alpha value is -2.44. The second-order valence-corrected chi connectivity index (χ2v) is 11.0. The Balaban J connectivity index is 1.79. The standard InChI is InChI=1S/C27H26Cl2N2O2S/c1-17-13-19(18-7-5-9-21(14-18)34(4)33)11-12-23(17)31-16-24(27(2,3)32)30-25(31)15-20-8-6-10-22(28)26(20)29/h5-14,16,32H,15H2,1-4H3. The summed E-state index contributed by atoms with van der Waals surface area (Å²) in [5.74, 6) is 0.750. The van der Waals surface area contributed by atoms with Gasteiger partial charge < -0.3 is 9.67 Å². The SMILES string of the molecule is Cc1cc(-c2cccc(S(C)=O)c2)ccc1-n1cc(C(C)(C)O)nc1Cc1cccc(Cl)c1Cl. The van der Waals surface area contributed by atoms with E-state index in [2.05, 4.69) is 6.07 Å². The summed E-state index contributed by atoms with van der Waals surface area (Å²) in [7, 11) is -1.04. The highest BCUT2D eigenvalue weighted by Crippen LogP contribution is 2.31. The molecule has 176 valence electrons. The van der Waals surface area contributed by atoms with E-state index in [0.29, 0.717) is 22.2 Å². The Morgan fingerprint density at radius 3 is 2.41 bits per heavy atom. The van der Waals surface area contributed by atoms with Crippen LogP contribution in [0.4, 0.5) is 0 Å². The highest BCUT2D eigenvalue weighted by atomic mass is 35.5. The molecule has 4 aromatic rings. The second-order valence-electron chi connectivity index (χ2n) is 8.84. The van der Waals surface area contributed by atoms with Crippen molar-refractivity contribution >= 4 is 34.0 Å². The molecular formula is C27H26Cl2N2O2S. The van der Waals surface area contributed by atoms with Crippen LogP contribution >= 0.6 is 23.2 Å². The predicted octanol–water partition coefficient (Wildman–Crippen LogP) is 6.71. The molecule has 1 unspecified atom stereocenters. The smallest absolute Gasteiger partial charge is 0.118 e. The predicted molar refractivity (Wildman–Crippen MR) is 141 cm³/mol. The highest BCUT2D eigenvalue weighted by Gasteiger charge is 2.23. The zero-order valence-electron chi connectivity index (χ0n) is 19.5. The molecule has 0 saturated heterocycles. The van der Waals surface area contributed by atoms with Gasteiger partial charge in [0.15, 0.2) is 0 Å². The van der Waals surface area contributed by atoms with E-state index in [9.17, 15) is 9.32 Å². The van der Waals surface area contributed by atoms with Gasteiger partial charge in [0.1, 0.15) is 11.4 Å². The van der Waals surface area contributed by atoms with Crippen molar-refractivity contribution in [3.63, 3.8) is 0 Å². The fourth-order valence-electron chi connectivity index (χ4n) is 3.86. The van der Waals surface area contributed by atoms with Gasteiger partial charge in [-0.25, -0.2) is 4.98 Å². The average molecular weight is 513 g/mol. The minimum Gasteiger partial charge on any atom is -0.384 e. The van der Waals surface area contributed by atoms with Crippen molar-refractivity contribution < 1.29 is 9.32 Å². The molecule has 4 rings (SSSR count). The lowest BCUT2D eigenvalue weighted by molar-refractivity contribution is 0.0741. The molecular weight excluding hydrogens is 487 g/mol. The molecule has 0 saturated carbocycles. The molecule has 0 amide bonds. The monoisotopic (exact) mass is 512 g/mol. The molecule has 1 N–H and O–H groups in total. The van der Waals surface area contributed by atoms with E-state index < -0.39 is 16.4 Å². The fourth-order valence-corrected chi connectivity index (χ4v) is 4.81. The van der Waals surface area contributed by atoms with Crippen LogP contribution < -0.4 is 0 Å². The topological polar surface area (TPSA) is 55.1 Å². The van der Waals surface area contributed by atoms with Crippen LogP contribution in [0.25, 0.3) is 16.8 Å². The lowest BCUT2D eigenvalue weighted by Crippen LogP contribution is -2.16. The molecule has 7 heteroatoms. The van der Waals surface area contributed by atoms with Crippen molar-refractivity contribution in [1.82, 2.24) is 9.55 Å². The Morgan fingerprint density at radius 1 is 1.03 bits per heavy atom. The third-order valence-electron chi connectivity index (χ3n) is 5.74. The minimum atomic E-state index is -1.10. The van der Waals surface area contributed by atoms with Crippen LogP contribution in [-0.2, 0) is 22.8 Å². The first-order chi connectivity index (χ1) is 16.0. The summed E-state index contributed by atoms with van der Waals surface area (Å²) in [4.78, 5) is 5.55. The lowest BCUT2D eigenvalue weighted by Gasteiger charge is -2.14. The summed E-state index contributed by atoms with van der Waals surface area (Å²) in [6.07, 6.45) is 4.01. The van der Waals surface area contributed by atoms with E-state index in [4.69, 9.17) is 28.2 Å². The molecule has 0 aliphatic rings. The van der Waals surface area contributed by atoms with Gasteiger partial charge in [-0.05, 0) is 73.4 Å². The average Bonchev–Trinajstić information content (AvgIpc) is 3.21. The van der Waals surface area contributed by atoms with Crippen LogP contribution in [0.3, 0.4) is 0 Å². The van der Waals surface area contributed by atoms with Gasteiger partial charge in [0.25, 0.3) is 0 Å². The maximum Gasteiger partial charge on any atom is 0.118 e. The van der Waals surface area contributed by atoms with Crippen LogP contribution in [0.5, 0.6) is 0 Å². The first-order valence-electron chi connectivity index (χ1n) is 10.8. The van der Waals surface area contributed by atoms with Crippen LogP contribution in [-0.4, -0.2) is 25.1 Å². The second kappa shape index (κ2) is 9.67. The first kappa shape index (κ1) is 24.7. The van der Waals surface area contributed by atoms with Crippen LogP contribution in [0.2, 0.25) is 10.0 Å². The van der Waals surface area contributed by atoms with Gasteiger partial charge in [-0.3, -0.25) is 4.21 Å². The number of hydrogen-bond acceptors (Lipinski definition) is 3. The van der Waals surface area contributed by atoms with Gasteiger partial charge >= 0.3 is 0 Å². The number of hydrogen-bond donors (Lipinski definition) is 1. The van der Waals surface area contributed by atoms with E-state index in [1.165, 1.54) is 0 Å². The van der Waals surface area contributed by atoms with E-state index in [1.807, 2.05) is 66.2 Å². The molecule has 1 heterocycles. The Morgan fingerprint density at radius 2 is 1.74 bits per heavy atom. The number of aromatic nitrogens is 2. The molecule has 1 atom stereocenters. The number of halogens is 2. The summed E-state index contributed by atoms with van der Waals surface area (Å²) in [5.41, 5.74) is 4.38. The molecule has 0 aliphatic carbocycles. The van der Waals surface area contributed by atoms with Gasteiger partial charge in [-0.15, -0.1) is 0 Å². The molecule has 0 radical (unpaired) electrons. The normalized spacial score (nSPS) is 12.7. The molecule has 0 spiro atoms. The van der Waals surface area contributed by atoms with Crippen molar-refractivity contribution in [2.45, 2.75) is 37.7 Å². The zero-order valence-corrected chi connectivity index (χ0v) is 21.8. The fraction of sp³-hybridized carbons (Fsp3) is 0.222. The third kappa shape index (κ3) is 5.13. The van der Waals surface area contributed by atoms with Crippen molar-refractivity contribution in [3.8, 4) is 16.8 Å². The number of benzene rings is 3. The first-order valence-corrected chi connectivity index (χ1v) is 13.1. The number of aryl methyl sites for hydroxylation is 1. The summed E-state index contributed by atoms with van der Waals surface area (Å²) >= 11 is 12.7. The number of aliphatic hydroxyl groups is 1. The molecule has 3 aromatic carbocycles. The van der Waals surface area contributed by atoms with Gasteiger partial charge in [0.2, 0.25) is 0 Å². The largest absolute Gasteiger partial charge is 0.384 e. The molecule has 1 aromatic heterocycles. The zero-order chi connectivity index (χ0) is 24.6. The quantitative estimate of drug-likeness (QED) is 0.312. The Bertz CT molecular complexity index is 1390. The summed E-state index contributed by atoms with van der Waals surface area (Å²) in [6.45, 7) is 5.48. The van der Waals surface area contributed by atoms with E-state index >= 15 is 0 Å². The van der Waals surface area contributed by atoms with Crippen molar-refractivity contribution in [1.29, 1.82) is 0 Å². The number of imidazole rings is 1. The van der Waals surface area contributed by atoms with Crippen LogP contribution in [0, 0.1) is 6.92 Å². The molecule has 4 nitrogen and oxygen atoms in total. The molecule has 34 heavy (non-hydrogen) atoms. The van der Waals surface area contributed by atoms with Crippen molar-refractivity contribution in [2.24, 2.45) is 0 Å². The van der Waals surface area contributed by atoms with Crippen molar-refractivity contribution in [3.05, 3.63) is 99.6 Å². The van der Waals surface area contributed by atoms with E-state index in [0.717, 1.165) is 38.7 Å². The van der Waals surface area contributed by atoms with Gasteiger partial charge in [0.05, 0.1) is 15.7 Å². The summed E-state index contributed by atoms with van der Waals surface area (Å²) in [5, 5.41) is 11.6. The number of rotatable bonds is 6. The molecule has 0 aliphatic heterocycles. The van der Waals surface area contributed by atoms with E-state index in [1.54, 1.807) is 26.2 Å². The maximum atomic E-state index is 11.9. The minimum absolute atomic E-state index is 0.459. The van der Waals surface area contributed by atoms with E-state index in [-0.39, 0.29) is 0 Å². The Labute approximate surface area is 212 Å². The lowest BCUT2D eigenvalue weighted by atomic mass is 10.0. The molecule has 0 fully saturated rings. The van der Waals surface area contributed by atoms with Crippen LogP contribution in [0.1, 0.15) is 36.5 Å².